The van der Waals surface area contributed by atoms with Gasteiger partial charge in [0.05, 0.1) is 29.0 Å². The molecule has 0 aliphatic heterocycles. The van der Waals surface area contributed by atoms with Crippen LogP contribution in [0.3, 0.4) is 0 Å². The fraction of sp³-hybridized carbons (Fsp3) is 0.320. The number of carbonyl (C=O) groups excluding carboxylic acids is 1. The van der Waals surface area contributed by atoms with Gasteiger partial charge in [0.15, 0.2) is 16.6 Å². The maximum absolute atomic E-state index is 13.0. The Morgan fingerprint density at radius 1 is 1.05 bits per heavy atom. The van der Waals surface area contributed by atoms with Crippen LogP contribution in [0.4, 0.5) is 8.78 Å². The van der Waals surface area contributed by atoms with Gasteiger partial charge in [-0.25, -0.2) is 23.7 Å². The van der Waals surface area contributed by atoms with Crippen LogP contribution >= 0.6 is 11.3 Å². The highest BCUT2D eigenvalue weighted by atomic mass is 32.1. The first-order valence-electron chi connectivity index (χ1n) is 12.3. The molecule has 5 aromatic rings. The van der Waals surface area contributed by atoms with Gasteiger partial charge in [-0.05, 0) is 31.4 Å². The Labute approximate surface area is 219 Å². The predicted molar refractivity (Wildman–Crippen MR) is 136 cm³/mol. The number of alkyl halides is 2. The molecular weight excluding hydrogens is 512 g/mol. The second-order valence-electron chi connectivity index (χ2n) is 9.08. The molecule has 13 heteroatoms. The largest absolute Gasteiger partial charge is 0.347 e. The molecule has 5 aromatic heterocycles. The summed E-state index contributed by atoms with van der Waals surface area (Å²) in [6.07, 6.45) is 9.23. The van der Waals surface area contributed by atoms with Crippen LogP contribution in [0.5, 0.6) is 0 Å². The van der Waals surface area contributed by atoms with Crippen molar-refractivity contribution in [3.8, 4) is 17.3 Å². The average Bonchev–Trinajstić information content (AvgIpc) is 3.68. The van der Waals surface area contributed by atoms with Gasteiger partial charge in [-0.3, -0.25) is 9.78 Å². The molecule has 0 bridgehead atoms. The van der Waals surface area contributed by atoms with Crippen molar-refractivity contribution >= 4 is 28.3 Å². The highest BCUT2D eigenvalue weighted by molar-refractivity contribution is 7.13. The van der Waals surface area contributed by atoms with E-state index in [0.29, 0.717) is 23.6 Å². The molecule has 6 rings (SSSR count). The Balaban J connectivity index is 1.36. The molecule has 0 spiro atoms. The molecule has 0 aromatic carbocycles. The number of imidazole rings is 1. The maximum atomic E-state index is 13.0. The fourth-order valence-corrected chi connectivity index (χ4v) is 5.59. The number of hydrogen-bond donors (Lipinski definition) is 1. The smallest absolute Gasteiger partial charge is 0.280 e. The lowest BCUT2D eigenvalue weighted by Crippen LogP contribution is -2.36. The number of hydrogen-bond acceptors (Lipinski definition) is 8. The first kappa shape index (κ1) is 24.2. The van der Waals surface area contributed by atoms with Crippen molar-refractivity contribution in [2.75, 3.05) is 0 Å². The number of nitrogens with one attached hydrogen (secondary N) is 1. The third-order valence-corrected chi connectivity index (χ3v) is 7.61. The Bertz CT molecular complexity index is 1550. The first-order valence-corrected chi connectivity index (χ1v) is 13.1. The second kappa shape index (κ2) is 10.3. The number of thiazole rings is 1. The van der Waals surface area contributed by atoms with Gasteiger partial charge in [0.25, 0.3) is 12.3 Å². The number of fused-ring (bicyclic) bond motifs is 1. The van der Waals surface area contributed by atoms with Gasteiger partial charge in [0, 0.05) is 30.5 Å². The maximum Gasteiger partial charge on any atom is 0.280 e. The van der Waals surface area contributed by atoms with E-state index in [4.69, 9.17) is 4.98 Å². The summed E-state index contributed by atoms with van der Waals surface area (Å²) in [7, 11) is 0. The number of pyridine rings is 2. The van der Waals surface area contributed by atoms with Crippen LogP contribution in [0, 0.1) is 0 Å². The molecular formula is C25H23F2N9OS. The third-order valence-electron chi connectivity index (χ3n) is 6.61. The first-order chi connectivity index (χ1) is 18.6. The molecule has 38 heavy (non-hydrogen) atoms. The van der Waals surface area contributed by atoms with Gasteiger partial charge in [-0.2, -0.15) is 10.2 Å². The van der Waals surface area contributed by atoms with Gasteiger partial charge in [0.2, 0.25) is 0 Å². The van der Waals surface area contributed by atoms with Crippen LogP contribution in [-0.4, -0.2) is 51.4 Å². The normalized spacial score (nSPS) is 18.1. The van der Waals surface area contributed by atoms with Crippen LogP contribution in [0.1, 0.15) is 59.3 Å². The summed E-state index contributed by atoms with van der Waals surface area (Å²) in [6, 6.07) is 7.45. The Morgan fingerprint density at radius 3 is 2.66 bits per heavy atom. The van der Waals surface area contributed by atoms with Crippen LogP contribution in [-0.2, 0) is 0 Å². The van der Waals surface area contributed by atoms with Crippen LogP contribution in [0.15, 0.2) is 55.2 Å². The van der Waals surface area contributed by atoms with Crippen molar-refractivity contribution in [1.82, 2.24) is 44.8 Å². The third kappa shape index (κ3) is 4.76. The van der Waals surface area contributed by atoms with E-state index in [2.05, 4.69) is 35.0 Å². The molecule has 1 amide bonds. The molecule has 2 atom stereocenters. The molecule has 194 valence electrons. The second-order valence-corrected chi connectivity index (χ2v) is 10.1. The van der Waals surface area contributed by atoms with Crippen molar-refractivity contribution in [3.63, 3.8) is 0 Å². The van der Waals surface area contributed by atoms with Gasteiger partial charge in [0.1, 0.15) is 11.2 Å². The predicted octanol–water partition coefficient (Wildman–Crippen LogP) is 4.77. The molecule has 2 unspecified atom stereocenters. The topological polar surface area (TPSA) is 116 Å². The standard InChI is InChI=1S/C25H23F2N9OS/c26-22(27)20-14-30-25(38-20)24(37)33-15-5-1-2-6-16(11-15)35-19-12-21(36-31-9-10-32-36)29-13-18(19)34-23(35)17-7-3-4-8-28-17/h3-4,7-10,12-16,22H,1-2,5-6,11H2,(H,33,37). The minimum absolute atomic E-state index is 0.00134. The molecule has 5 heterocycles. The monoisotopic (exact) mass is 535 g/mol. The number of rotatable bonds is 6. The van der Waals surface area contributed by atoms with Crippen molar-refractivity contribution in [3.05, 3.63) is 65.1 Å². The number of aromatic nitrogens is 8. The fourth-order valence-electron chi connectivity index (χ4n) is 4.92. The van der Waals surface area contributed by atoms with E-state index >= 15 is 0 Å². The van der Waals surface area contributed by atoms with Crippen molar-refractivity contribution in [2.45, 2.75) is 50.6 Å². The zero-order valence-electron chi connectivity index (χ0n) is 20.1. The van der Waals surface area contributed by atoms with Crippen molar-refractivity contribution in [1.29, 1.82) is 0 Å². The average molecular weight is 536 g/mol. The Hall–Kier alpha value is -4.13. The quantitative estimate of drug-likeness (QED) is 0.311. The van der Waals surface area contributed by atoms with E-state index in [9.17, 15) is 13.6 Å². The van der Waals surface area contributed by atoms with E-state index in [0.717, 1.165) is 54.4 Å². The summed E-state index contributed by atoms with van der Waals surface area (Å²) in [6.45, 7) is 0. The lowest BCUT2D eigenvalue weighted by molar-refractivity contribution is 0.0930. The lowest BCUT2D eigenvalue weighted by atomic mass is 10.0. The SMILES string of the molecule is O=C(NC1CCCCC(n2c(-c3ccccn3)nc3cnc(-n4nccn4)cc32)C1)c1ncc(C(F)F)s1. The van der Waals surface area contributed by atoms with E-state index in [1.54, 1.807) is 24.8 Å². The van der Waals surface area contributed by atoms with Crippen molar-refractivity contribution < 1.29 is 13.6 Å². The molecule has 1 aliphatic rings. The molecule has 1 fully saturated rings. The number of nitrogens with zero attached hydrogens (tertiary/aromatic N) is 8. The number of carbonyl (C=O) groups is 1. The summed E-state index contributed by atoms with van der Waals surface area (Å²) in [4.78, 5) is 31.9. The summed E-state index contributed by atoms with van der Waals surface area (Å²) >= 11 is 0.726. The zero-order valence-corrected chi connectivity index (χ0v) is 20.9. The number of amides is 1. The molecule has 1 saturated carbocycles. The summed E-state index contributed by atoms with van der Waals surface area (Å²) in [5.41, 5.74) is 2.31. The Morgan fingerprint density at radius 2 is 1.89 bits per heavy atom. The van der Waals surface area contributed by atoms with Crippen molar-refractivity contribution in [2.24, 2.45) is 0 Å². The summed E-state index contributed by atoms with van der Waals surface area (Å²) < 4.78 is 28.2. The molecule has 10 nitrogen and oxygen atoms in total. The zero-order chi connectivity index (χ0) is 26.1. The highest BCUT2D eigenvalue weighted by Gasteiger charge is 2.28. The van der Waals surface area contributed by atoms with Crippen LogP contribution in [0.25, 0.3) is 28.4 Å². The Kier molecular flexibility index (Phi) is 6.58. The van der Waals surface area contributed by atoms with E-state index in [1.807, 2.05) is 24.3 Å². The van der Waals surface area contributed by atoms with Crippen LogP contribution < -0.4 is 5.32 Å². The summed E-state index contributed by atoms with van der Waals surface area (Å²) in [5, 5.41) is 11.5. The van der Waals surface area contributed by atoms with Gasteiger partial charge >= 0.3 is 0 Å². The lowest BCUT2D eigenvalue weighted by Gasteiger charge is -2.24. The molecule has 1 N–H and O–H groups in total. The molecule has 0 saturated heterocycles. The minimum Gasteiger partial charge on any atom is -0.347 e. The van der Waals surface area contributed by atoms with E-state index in [-0.39, 0.29) is 22.0 Å². The molecule has 1 aliphatic carbocycles. The summed E-state index contributed by atoms with van der Waals surface area (Å²) in [5.74, 6) is 0.851. The van der Waals surface area contributed by atoms with Gasteiger partial charge in [-0.15, -0.1) is 16.1 Å². The highest BCUT2D eigenvalue weighted by Crippen LogP contribution is 2.35. The van der Waals surface area contributed by atoms with E-state index < -0.39 is 12.3 Å². The van der Waals surface area contributed by atoms with Crippen LogP contribution in [0.2, 0.25) is 0 Å². The molecule has 0 radical (unpaired) electrons. The van der Waals surface area contributed by atoms with E-state index in [1.165, 1.54) is 4.80 Å². The number of halogens is 2. The minimum atomic E-state index is -2.65. The van der Waals surface area contributed by atoms with Gasteiger partial charge in [-0.1, -0.05) is 18.9 Å². The van der Waals surface area contributed by atoms with Gasteiger partial charge < -0.3 is 9.88 Å².